The number of anilines is 1. The lowest BCUT2D eigenvalue weighted by Gasteiger charge is -2.11. The van der Waals surface area contributed by atoms with Crippen LogP contribution in [0.5, 0.6) is 5.75 Å². The first-order valence-corrected chi connectivity index (χ1v) is 6.34. The second-order valence-corrected chi connectivity index (χ2v) is 4.26. The minimum atomic E-state index is -0.611. The van der Waals surface area contributed by atoms with Crippen LogP contribution in [0.15, 0.2) is 48.5 Å². The number of aldehydes is 1. The fourth-order valence-corrected chi connectivity index (χ4v) is 1.77. The van der Waals surface area contributed by atoms with Crippen LogP contribution in [0.2, 0.25) is 0 Å². The van der Waals surface area contributed by atoms with Crippen molar-refractivity contribution < 1.29 is 19.1 Å². The third-order valence-electron chi connectivity index (χ3n) is 2.81. The van der Waals surface area contributed by atoms with Gasteiger partial charge in [-0.15, -0.1) is 0 Å². The molecular weight excluding hydrogens is 270 g/mol. The first-order chi connectivity index (χ1) is 10.2. The van der Waals surface area contributed by atoms with Gasteiger partial charge in [0.1, 0.15) is 18.6 Å². The number of ether oxygens (including phenoxy) is 2. The maximum atomic E-state index is 11.8. The van der Waals surface area contributed by atoms with E-state index < -0.39 is 6.09 Å². The van der Waals surface area contributed by atoms with Gasteiger partial charge in [-0.1, -0.05) is 30.3 Å². The highest BCUT2D eigenvalue weighted by Gasteiger charge is 2.09. The van der Waals surface area contributed by atoms with E-state index in [4.69, 9.17) is 9.47 Å². The summed E-state index contributed by atoms with van der Waals surface area (Å²) >= 11 is 0. The molecule has 2 aromatic rings. The van der Waals surface area contributed by atoms with Gasteiger partial charge in [-0.25, -0.2) is 4.79 Å². The van der Waals surface area contributed by atoms with Crippen molar-refractivity contribution in [3.05, 3.63) is 59.7 Å². The molecule has 0 radical (unpaired) electrons. The van der Waals surface area contributed by atoms with E-state index in [-0.39, 0.29) is 6.61 Å². The molecule has 0 aromatic heterocycles. The summed E-state index contributed by atoms with van der Waals surface area (Å²) < 4.78 is 10.2. The molecule has 108 valence electrons. The first-order valence-electron chi connectivity index (χ1n) is 6.34. The Balaban J connectivity index is 2.00. The average molecular weight is 285 g/mol. The monoisotopic (exact) mass is 285 g/mol. The van der Waals surface area contributed by atoms with E-state index in [1.54, 1.807) is 12.1 Å². The number of methoxy groups -OCH3 is 1. The Morgan fingerprint density at radius 2 is 1.95 bits per heavy atom. The van der Waals surface area contributed by atoms with Gasteiger partial charge in [-0.05, 0) is 23.8 Å². The third-order valence-corrected chi connectivity index (χ3v) is 2.81. The van der Waals surface area contributed by atoms with E-state index in [1.165, 1.54) is 13.2 Å². The first kappa shape index (κ1) is 14.6. The number of carbonyl (C=O) groups is 2. The normalized spacial score (nSPS) is 9.76. The molecule has 0 atom stereocenters. The zero-order valence-electron chi connectivity index (χ0n) is 11.5. The molecule has 0 aliphatic heterocycles. The minimum Gasteiger partial charge on any atom is -0.495 e. The molecule has 0 saturated heterocycles. The van der Waals surface area contributed by atoms with Crippen molar-refractivity contribution in [3.8, 4) is 5.75 Å². The maximum absolute atomic E-state index is 11.8. The molecule has 5 nitrogen and oxygen atoms in total. The molecule has 0 aliphatic rings. The standard InChI is InChI=1S/C16H15NO4/c1-20-15-8-7-13(10-18)9-14(15)17-16(19)21-11-12-5-3-2-4-6-12/h2-10H,11H2,1H3,(H,17,19). The molecular formula is C16H15NO4. The molecule has 1 amide bonds. The Labute approximate surface area is 122 Å². The number of rotatable bonds is 5. The van der Waals surface area contributed by atoms with Crippen molar-refractivity contribution in [2.75, 3.05) is 12.4 Å². The van der Waals surface area contributed by atoms with Gasteiger partial charge in [-0.3, -0.25) is 10.1 Å². The minimum absolute atomic E-state index is 0.169. The second kappa shape index (κ2) is 7.09. The van der Waals surface area contributed by atoms with Crippen LogP contribution in [-0.4, -0.2) is 19.5 Å². The number of carbonyl (C=O) groups excluding carboxylic acids is 2. The van der Waals surface area contributed by atoms with Gasteiger partial charge in [0.05, 0.1) is 12.8 Å². The van der Waals surface area contributed by atoms with E-state index in [9.17, 15) is 9.59 Å². The van der Waals surface area contributed by atoms with Crippen molar-refractivity contribution in [1.29, 1.82) is 0 Å². The Kier molecular flexibility index (Phi) is 4.93. The van der Waals surface area contributed by atoms with E-state index >= 15 is 0 Å². The van der Waals surface area contributed by atoms with Crippen molar-refractivity contribution in [2.45, 2.75) is 6.61 Å². The zero-order chi connectivity index (χ0) is 15.1. The fraction of sp³-hybridized carbons (Fsp3) is 0.125. The summed E-state index contributed by atoms with van der Waals surface area (Å²) in [5.41, 5.74) is 1.72. The van der Waals surface area contributed by atoms with Crippen LogP contribution < -0.4 is 10.1 Å². The summed E-state index contributed by atoms with van der Waals surface area (Å²) in [6.45, 7) is 0.169. The fourth-order valence-electron chi connectivity index (χ4n) is 1.77. The molecule has 2 aromatic carbocycles. The van der Waals surface area contributed by atoms with Gasteiger partial charge in [0.15, 0.2) is 0 Å². The SMILES string of the molecule is COc1ccc(C=O)cc1NC(=O)OCc1ccccc1. The van der Waals surface area contributed by atoms with Crippen LogP contribution in [0.1, 0.15) is 15.9 Å². The smallest absolute Gasteiger partial charge is 0.412 e. The van der Waals surface area contributed by atoms with Crippen LogP contribution >= 0.6 is 0 Å². The lowest BCUT2D eigenvalue weighted by atomic mass is 10.2. The highest BCUT2D eigenvalue weighted by Crippen LogP contribution is 2.25. The summed E-state index contributed by atoms with van der Waals surface area (Å²) in [4.78, 5) is 22.5. The molecule has 0 aliphatic carbocycles. The summed E-state index contributed by atoms with van der Waals surface area (Å²) in [6, 6.07) is 14.1. The lowest BCUT2D eigenvalue weighted by Crippen LogP contribution is -2.14. The van der Waals surface area contributed by atoms with Crippen molar-refractivity contribution >= 4 is 18.1 Å². The van der Waals surface area contributed by atoms with Gasteiger partial charge in [0.25, 0.3) is 0 Å². The predicted octanol–water partition coefficient (Wildman–Crippen LogP) is 3.26. The molecule has 2 rings (SSSR count). The number of nitrogens with one attached hydrogen (secondary N) is 1. The Bertz CT molecular complexity index is 625. The molecule has 1 N–H and O–H groups in total. The van der Waals surface area contributed by atoms with Gasteiger partial charge < -0.3 is 9.47 Å². The molecule has 21 heavy (non-hydrogen) atoms. The largest absolute Gasteiger partial charge is 0.495 e. The molecule has 5 heteroatoms. The molecule has 0 saturated carbocycles. The van der Waals surface area contributed by atoms with Crippen LogP contribution in [0.25, 0.3) is 0 Å². The second-order valence-electron chi connectivity index (χ2n) is 4.26. The van der Waals surface area contributed by atoms with Crippen LogP contribution in [-0.2, 0) is 11.3 Å². The number of benzene rings is 2. The number of amides is 1. The maximum Gasteiger partial charge on any atom is 0.412 e. The summed E-state index contributed by atoms with van der Waals surface area (Å²) in [6.07, 6.45) is 0.0834. The van der Waals surface area contributed by atoms with E-state index in [1.807, 2.05) is 30.3 Å². The highest BCUT2D eigenvalue weighted by molar-refractivity contribution is 5.89. The summed E-state index contributed by atoms with van der Waals surface area (Å²) in [7, 11) is 1.48. The van der Waals surface area contributed by atoms with E-state index in [2.05, 4.69) is 5.32 Å². The molecule has 0 unspecified atom stereocenters. The predicted molar refractivity (Wildman–Crippen MR) is 78.6 cm³/mol. The van der Waals surface area contributed by atoms with Crippen LogP contribution in [0, 0.1) is 0 Å². The average Bonchev–Trinajstić information content (AvgIpc) is 2.54. The molecule has 0 spiro atoms. The molecule has 0 bridgehead atoms. The molecule has 0 heterocycles. The van der Waals surface area contributed by atoms with Gasteiger partial charge in [-0.2, -0.15) is 0 Å². The lowest BCUT2D eigenvalue weighted by molar-refractivity contribution is 0.112. The van der Waals surface area contributed by atoms with E-state index in [0.29, 0.717) is 23.3 Å². The van der Waals surface area contributed by atoms with Crippen molar-refractivity contribution in [3.63, 3.8) is 0 Å². The van der Waals surface area contributed by atoms with Crippen LogP contribution in [0.4, 0.5) is 10.5 Å². The van der Waals surface area contributed by atoms with Crippen molar-refractivity contribution in [1.82, 2.24) is 0 Å². The van der Waals surface area contributed by atoms with E-state index in [0.717, 1.165) is 5.56 Å². The van der Waals surface area contributed by atoms with Gasteiger partial charge in [0.2, 0.25) is 0 Å². The quantitative estimate of drug-likeness (QED) is 0.856. The summed E-state index contributed by atoms with van der Waals surface area (Å²) in [5.74, 6) is 0.456. The number of hydrogen-bond donors (Lipinski definition) is 1. The number of hydrogen-bond acceptors (Lipinski definition) is 4. The highest BCUT2D eigenvalue weighted by atomic mass is 16.5. The molecule has 0 fully saturated rings. The van der Waals surface area contributed by atoms with Gasteiger partial charge >= 0.3 is 6.09 Å². The third kappa shape index (κ3) is 4.07. The Hall–Kier alpha value is -2.82. The topological polar surface area (TPSA) is 64.6 Å². The van der Waals surface area contributed by atoms with Crippen LogP contribution in [0.3, 0.4) is 0 Å². The zero-order valence-corrected chi connectivity index (χ0v) is 11.5. The Morgan fingerprint density at radius 1 is 1.19 bits per heavy atom. The Morgan fingerprint density at radius 3 is 2.62 bits per heavy atom. The van der Waals surface area contributed by atoms with Crippen molar-refractivity contribution in [2.24, 2.45) is 0 Å². The summed E-state index contributed by atoms with van der Waals surface area (Å²) in [5, 5.41) is 2.56. The van der Waals surface area contributed by atoms with Gasteiger partial charge in [0, 0.05) is 5.56 Å².